The largest absolute Gasteiger partial charge is 0.309 e. The van der Waals surface area contributed by atoms with Crippen molar-refractivity contribution in [2.45, 2.75) is 0 Å². The van der Waals surface area contributed by atoms with Crippen LogP contribution in [0.2, 0.25) is 0 Å². The van der Waals surface area contributed by atoms with Gasteiger partial charge in [-0.3, -0.25) is 0 Å². The lowest BCUT2D eigenvalue weighted by molar-refractivity contribution is 1.18. The summed E-state index contributed by atoms with van der Waals surface area (Å²) in [4.78, 5) is 0. The molecule has 8 aromatic carbocycles. The predicted molar refractivity (Wildman–Crippen MR) is 218 cm³/mol. The maximum atomic E-state index is 2.54. The summed E-state index contributed by atoms with van der Waals surface area (Å²) in [6.45, 7) is 0. The molecular formula is C48H28N4. The summed E-state index contributed by atoms with van der Waals surface area (Å²) in [5.41, 5.74) is 14.7. The number of nitrogens with zero attached hydrogens (tertiary/aromatic N) is 4. The SMILES string of the molecule is c1ccc(-n2c3ccccc3c3c4c5cccc6c5n(c4ccc32)c2cccc3c4c5c7ccccc7n(-c7ccccc7)c5ccc4n6c32)cc1. The third kappa shape index (κ3) is 3.07. The van der Waals surface area contributed by atoms with Gasteiger partial charge in [-0.1, -0.05) is 97.1 Å². The summed E-state index contributed by atoms with van der Waals surface area (Å²) in [5.74, 6) is 0. The van der Waals surface area contributed by atoms with Gasteiger partial charge in [-0.15, -0.1) is 0 Å². The molecule has 4 nitrogen and oxygen atoms in total. The van der Waals surface area contributed by atoms with Gasteiger partial charge in [0.15, 0.2) is 0 Å². The highest BCUT2D eigenvalue weighted by atomic mass is 15.0. The van der Waals surface area contributed by atoms with E-state index in [4.69, 9.17) is 0 Å². The van der Waals surface area contributed by atoms with E-state index in [-0.39, 0.29) is 0 Å². The van der Waals surface area contributed by atoms with Gasteiger partial charge in [0.1, 0.15) is 0 Å². The first-order chi connectivity index (χ1) is 25.9. The maximum absolute atomic E-state index is 2.54. The molecule has 0 N–H and O–H groups in total. The molecule has 13 aromatic rings. The van der Waals surface area contributed by atoms with Gasteiger partial charge in [0.2, 0.25) is 0 Å². The topological polar surface area (TPSA) is 18.7 Å². The van der Waals surface area contributed by atoms with E-state index in [0.717, 1.165) is 0 Å². The van der Waals surface area contributed by atoms with E-state index in [9.17, 15) is 0 Å². The van der Waals surface area contributed by atoms with Crippen molar-refractivity contribution in [3.05, 3.63) is 170 Å². The van der Waals surface area contributed by atoms with E-state index >= 15 is 0 Å². The van der Waals surface area contributed by atoms with Gasteiger partial charge in [0, 0.05) is 54.5 Å². The standard InChI is InChI=1S/C48H28N4/c1-3-13-29(14-4-1)49-35-21-9-7-17-31(35)43-37(49)25-27-39-45(43)33-19-11-23-41-47(33)51(39)42-24-12-20-34-46-40(52(41)48(34)42)28-26-38-44(46)32-18-8-10-22-36(32)50(38)30-15-5-2-6-16-30/h1-28H. The minimum absolute atomic E-state index is 1.17. The molecule has 0 unspecified atom stereocenters. The van der Waals surface area contributed by atoms with Gasteiger partial charge in [0.25, 0.3) is 0 Å². The lowest BCUT2D eigenvalue weighted by atomic mass is 10.0. The smallest absolute Gasteiger partial charge is 0.0783 e. The van der Waals surface area contributed by atoms with Gasteiger partial charge in [-0.25, -0.2) is 0 Å². The molecule has 0 aliphatic carbocycles. The predicted octanol–water partition coefficient (Wildman–Crippen LogP) is 12.4. The molecule has 52 heavy (non-hydrogen) atoms. The van der Waals surface area contributed by atoms with Crippen LogP contribution in [-0.4, -0.2) is 17.9 Å². The molecule has 0 amide bonds. The van der Waals surface area contributed by atoms with Gasteiger partial charge in [-0.2, -0.15) is 0 Å². The molecule has 5 aromatic heterocycles. The van der Waals surface area contributed by atoms with Crippen LogP contribution in [0.5, 0.6) is 0 Å². The van der Waals surface area contributed by atoms with Crippen LogP contribution in [0.25, 0.3) is 110 Å². The van der Waals surface area contributed by atoms with Crippen LogP contribution in [0.15, 0.2) is 170 Å². The van der Waals surface area contributed by atoms with E-state index in [1.165, 1.54) is 110 Å². The van der Waals surface area contributed by atoms with Gasteiger partial charge < -0.3 is 17.9 Å². The monoisotopic (exact) mass is 660 g/mol. The Balaban J connectivity index is 1.25. The fourth-order valence-corrected chi connectivity index (χ4v) is 9.77. The summed E-state index contributed by atoms with van der Waals surface area (Å²) >= 11 is 0. The number of fused-ring (bicyclic) bond motifs is 16. The van der Waals surface area contributed by atoms with Crippen molar-refractivity contribution in [3.8, 4) is 11.4 Å². The number of hydrogen-bond acceptors (Lipinski definition) is 0. The first kappa shape index (κ1) is 26.8. The summed E-state index contributed by atoms with van der Waals surface area (Å²) < 4.78 is 9.93. The van der Waals surface area contributed by atoms with Crippen LogP contribution in [-0.2, 0) is 0 Å². The number of benzene rings is 8. The quantitative estimate of drug-likeness (QED) is 0.164. The first-order valence-corrected chi connectivity index (χ1v) is 18.0. The van der Waals surface area contributed by atoms with Gasteiger partial charge in [0.05, 0.1) is 55.2 Å². The van der Waals surface area contributed by atoms with Crippen LogP contribution < -0.4 is 0 Å². The van der Waals surface area contributed by atoms with Crippen LogP contribution in [0.1, 0.15) is 0 Å². The van der Waals surface area contributed by atoms with E-state index in [2.05, 4.69) is 188 Å². The Hall–Kier alpha value is -7.04. The number of para-hydroxylation sites is 6. The molecule has 0 aliphatic heterocycles. The second-order valence-corrected chi connectivity index (χ2v) is 14.1. The molecule has 0 fully saturated rings. The zero-order valence-corrected chi connectivity index (χ0v) is 28.0. The lowest BCUT2D eigenvalue weighted by Crippen LogP contribution is -1.97. The van der Waals surface area contributed by atoms with Crippen LogP contribution in [0.4, 0.5) is 0 Å². The van der Waals surface area contributed by atoms with Crippen LogP contribution in [0, 0.1) is 0 Å². The number of aromatic nitrogens is 4. The molecule has 0 atom stereocenters. The fourth-order valence-electron chi connectivity index (χ4n) is 9.77. The minimum atomic E-state index is 1.17. The van der Waals surface area contributed by atoms with Crippen molar-refractivity contribution in [2.75, 3.05) is 0 Å². The molecule has 240 valence electrons. The van der Waals surface area contributed by atoms with Gasteiger partial charge >= 0.3 is 0 Å². The normalized spacial score (nSPS) is 12.6. The zero-order chi connectivity index (χ0) is 33.7. The highest BCUT2D eigenvalue weighted by Crippen LogP contribution is 2.47. The molecular weight excluding hydrogens is 633 g/mol. The molecule has 0 spiro atoms. The van der Waals surface area contributed by atoms with E-state index in [0.29, 0.717) is 0 Å². The number of hydrogen-bond donors (Lipinski definition) is 0. The van der Waals surface area contributed by atoms with Crippen LogP contribution >= 0.6 is 0 Å². The Bertz CT molecular complexity index is 3370. The molecule has 0 radical (unpaired) electrons. The molecule has 0 saturated carbocycles. The average molecular weight is 661 g/mol. The third-order valence-corrected chi connectivity index (χ3v) is 11.6. The van der Waals surface area contributed by atoms with Crippen molar-refractivity contribution in [1.82, 2.24) is 17.9 Å². The van der Waals surface area contributed by atoms with Crippen molar-refractivity contribution in [3.63, 3.8) is 0 Å². The molecule has 0 aliphatic rings. The fraction of sp³-hybridized carbons (Fsp3) is 0. The molecule has 0 bridgehead atoms. The van der Waals surface area contributed by atoms with E-state index in [1.807, 2.05) is 0 Å². The van der Waals surface area contributed by atoms with Crippen molar-refractivity contribution in [2.24, 2.45) is 0 Å². The summed E-state index contributed by atoms with van der Waals surface area (Å²) in [7, 11) is 0. The van der Waals surface area contributed by atoms with Gasteiger partial charge in [-0.05, 0) is 72.8 Å². The minimum Gasteiger partial charge on any atom is -0.309 e. The molecule has 5 heterocycles. The summed E-state index contributed by atoms with van der Waals surface area (Å²) in [5, 5.41) is 10.3. The van der Waals surface area contributed by atoms with Crippen molar-refractivity contribution >= 4 is 98.3 Å². The highest BCUT2D eigenvalue weighted by Gasteiger charge is 2.25. The maximum Gasteiger partial charge on any atom is 0.0783 e. The number of rotatable bonds is 2. The summed E-state index contributed by atoms with van der Waals surface area (Å²) in [6, 6.07) is 62.4. The Morgan fingerprint density at radius 1 is 0.231 bits per heavy atom. The Morgan fingerprint density at radius 2 is 0.577 bits per heavy atom. The highest BCUT2D eigenvalue weighted by molar-refractivity contribution is 6.34. The first-order valence-electron chi connectivity index (χ1n) is 18.0. The Kier molecular flexibility index (Phi) is 4.83. The average Bonchev–Trinajstić information content (AvgIpc) is 3.93. The zero-order valence-electron chi connectivity index (χ0n) is 28.0. The lowest BCUT2D eigenvalue weighted by Gasteiger charge is -2.11. The Labute approximate surface area is 296 Å². The third-order valence-electron chi connectivity index (χ3n) is 11.6. The second kappa shape index (κ2) is 9.39. The van der Waals surface area contributed by atoms with Crippen LogP contribution in [0.3, 0.4) is 0 Å². The molecule has 4 heteroatoms. The second-order valence-electron chi connectivity index (χ2n) is 14.1. The van der Waals surface area contributed by atoms with E-state index < -0.39 is 0 Å². The summed E-state index contributed by atoms with van der Waals surface area (Å²) in [6.07, 6.45) is 0. The molecule has 13 rings (SSSR count). The van der Waals surface area contributed by atoms with E-state index in [1.54, 1.807) is 0 Å². The Morgan fingerprint density at radius 3 is 1.04 bits per heavy atom. The van der Waals surface area contributed by atoms with Crippen molar-refractivity contribution < 1.29 is 0 Å². The molecule has 0 saturated heterocycles. The van der Waals surface area contributed by atoms with Crippen molar-refractivity contribution in [1.29, 1.82) is 0 Å².